The number of hydrogen-bond acceptors (Lipinski definition) is 2. The first-order chi connectivity index (χ1) is 1.00. The molecule has 0 heterocycles. The molecular formula is H4Br2O2. The molecule has 0 unspecified atom stereocenters. The summed E-state index contributed by atoms with van der Waals surface area (Å²) < 4.78 is 0. The van der Waals surface area contributed by atoms with E-state index in [1.807, 2.05) is 0 Å². The molecule has 0 saturated carbocycles. The quantitative estimate of drug-likeness (QED) is 0.450. The average Bonchev–Trinajstić information content (AvgIpc) is 1.00. The third-order valence-electron chi connectivity index (χ3n) is 0. The summed E-state index contributed by atoms with van der Waals surface area (Å²) in [5.41, 5.74) is 0. The van der Waals surface area contributed by atoms with Crippen molar-refractivity contribution >= 4 is 34.0 Å². The first kappa shape index (κ1) is 20.8. The molecule has 0 fully saturated rings. The van der Waals surface area contributed by atoms with Crippen LogP contribution in [0, 0.1) is 0 Å². The van der Waals surface area contributed by atoms with E-state index in [1.165, 1.54) is 0 Å². The lowest BCUT2D eigenvalue weighted by Gasteiger charge is -1.25. The molecule has 30 valence electrons. The van der Waals surface area contributed by atoms with Crippen LogP contribution in [0.2, 0.25) is 0 Å². The second-order valence-electron chi connectivity index (χ2n) is 0. The van der Waals surface area contributed by atoms with E-state index in [-0.39, 0.29) is 34.0 Å². The highest BCUT2D eigenvalue weighted by atomic mass is 79.9. The monoisotopic (exact) mass is 194 g/mol. The van der Waals surface area contributed by atoms with Gasteiger partial charge in [0.1, 0.15) is 0 Å². The van der Waals surface area contributed by atoms with E-state index in [4.69, 9.17) is 10.5 Å². The Bertz CT molecular complexity index is 4.00. The first-order valence-corrected chi connectivity index (χ1v) is 0.200. The van der Waals surface area contributed by atoms with Crippen molar-refractivity contribution in [3.8, 4) is 0 Å². The molecule has 4 heteroatoms. The maximum absolute atomic E-state index is 6.00. The van der Waals surface area contributed by atoms with Gasteiger partial charge in [-0.25, -0.2) is 0 Å². The molecule has 0 atom stereocenters. The van der Waals surface area contributed by atoms with E-state index in [2.05, 4.69) is 0 Å². The van der Waals surface area contributed by atoms with Crippen LogP contribution in [-0.4, -0.2) is 10.5 Å². The first-order valence-electron chi connectivity index (χ1n) is 0.200. The van der Waals surface area contributed by atoms with Crippen LogP contribution in [0.1, 0.15) is 0 Å². The van der Waals surface area contributed by atoms with Gasteiger partial charge in [0.05, 0.1) is 0 Å². The summed E-state index contributed by atoms with van der Waals surface area (Å²) in [6, 6.07) is 0. The van der Waals surface area contributed by atoms with Gasteiger partial charge >= 0.3 is 0 Å². The molecule has 0 aromatic carbocycles. The topological polar surface area (TPSA) is 40.5 Å². The summed E-state index contributed by atoms with van der Waals surface area (Å²) >= 11 is 0. The zero-order chi connectivity index (χ0) is 2.00. The van der Waals surface area contributed by atoms with Gasteiger partial charge in [-0.1, -0.05) is 0 Å². The number of rotatable bonds is 0. The maximum atomic E-state index is 6.00. The minimum atomic E-state index is 0. The third kappa shape index (κ3) is 13.1. The highest BCUT2D eigenvalue weighted by Gasteiger charge is 0.745. The van der Waals surface area contributed by atoms with Crippen LogP contribution in [0.15, 0.2) is 0 Å². The molecule has 0 radical (unpaired) electrons. The van der Waals surface area contributed by atoms with Crippen LogP contribution < -0.4 is 0 Å². The van der Waals surface area contributed by atoms with Crippen LogP contribution in [0.4, 0.5) is 0 Å². The van der Waals surface area contributed by atoms with Crippen molar-refractivity contribution in [3.05, 3.63) is 0 Å². The zero-order valence-corrected chi connectivity index (χ0v) is 5.14. The van der Waals surface area contributed by atoms with Gasteiger partial charge in [-0.15, -0.1) is 34.0 Å². The molecule has 0 amide bonds. The smallest absolute Gasteiger partial charge is 0.114 e. The molecule has 0 aliphatic carbocycles. The molecule has 0 aliphatic rings. The average molecular weight is 196 g/mol. The molecule has 0 bridgehead atoms. The van der Waals surface area contributed by atoms with E-state index in [0.717, 1.165) is 0 Å². The van der Waals surface area contributed by atoms with Crippen molar-refractivity contribution in [1.82, 2.24) is 0 Å². The zero-order valence-electron chi connectivity index (χ0n) is 1.71. The Kier molecular flexibility index (Phi) is 216. The van der Waals surface area contributed by atoms with E-state index < -0.39 is 0 Å². The van der Waals surface area contributed by atoms with E-state index in [9.17, 15) is 0 Å². The van der Waals surface area contributed by atoms with Crippen molar-refractivity contribution in [2.45, 2.75) is 0 Å². The molecule has 0 aromatic heterocycles. The summed E-state index contributed by atoms with van der Waals surface area (Å²) in [4.78, 5) is 0. The lowest BCUT2D eigenvalue weighted by atomic mass is 15.0. The largest absolute Gasteiger partial charge is 0.255 e. The Balaban J connectivity index is -0.00000000500. The molecule has 2 N–H and O–H groups in total. The van der Waals surface area contributed by atoms with Crippen molar-refractivity contribution in [2.24, 2.45) is 0 Å². The van der Waals surface area contributed by atoms with Crippen LogP contribution in [-0.2, 0) is 0 Å². The molecule has 0 aromatic rings. The van der Waals surface area contributed by atoms with Gasteiger partial charge in [0.2, 0.25) is 0 Å². The van der Waals surface area contributed by atoms with Crippen molar-refractivity contribution < 1.29 is 10.5 Å². The SMILES string of the molecule is Br.Br.OO. The molecule has 0 aliphatic heterocycles. The summed E-state index contributed by atoms with van der Waals surface area (Å²) in [5, 5.41) is 12.0. The number of halogens is 2. The Hall–Kier alpha value is 0.880. The maximum Gasteiger partial charge on any atom is -0.114 e. The van der Waals surface area contributed by atoms with Crippen molar-refractivity contribution in [1.29, 1.82) is 0 Å². The van der Waals surface area contributed by atoms with Gasteiger partial charge in [0.25, 0.3) is 0 Å². The highest BCUT2D eigenvalue weighted by Crippen LogP contribution is 0.847. The third-order valence-corrected chi connectivity index (χ3v) is 0. The van der Waals surface area contributed by atoms with Crippen LogP contribution in [0.5, 0.6) is 0 Å². The van der Waals surface area contributed by atoms with Gasteiger partial charge in [-0.05, 0) is 0 Å². The van der Waals surface area contributed by atoms with E-state index >= 15 is 0 Å². The van der Waals surface area contributed by atoms with Gasteiger partial charge < -0.3 is 0 Å². The van der Waals surface area contributed by atoms with Gasteiger partial charge in [0.15, 0.2) is 0 Å². The lowest BCUT2D eigenvalue weighted by molar-refractivity contribution is -0.176. The summed E-state index contributed by atoms with van der Waals surface area (Å²) in [7, 11) is 0. The van der Waals surface area contributed by atoms with Crippen molar-refractivity contribution in [3.63, 3.8) is 0 Å². The van der Waals surface area contributed by atoms with Gasteiger partial charge in [-0.2, -0.15) is 0 Å². The summed E-state index contributed by atoms with van der Waals surface area (Å²) in [5.74, 6) is 0. The Morgan fingerprint density at radius 3 is 0.750 bits per heavy atom. The second-order valence-corrected chi connectivity index (χ2v) is 0. The van der Waals surface area contributed by atoms with Crippen LogP contribution >= 0.6 is 34.0 Å². The molecule has 0 rings (SSSR count). The second kappa shape index (κ2) is 41.6. The molecule has 0 spiro atoms. The van der Waals surface area contributed by atoms with Gasteiger partial charge in [-0.3, -0.25) is 10.5 Å². The molecule has 2 nitrogen and oxygen atoms in total. The van der Waals surface area contributed by atoms with E-state index in [0.29, 0.717) is 0 Å². The van der Waals surface area contributed by atoms with Crippen LogP contribution in [0.3, 0.4) is 0 Å². The number of hydrogen-bond donors (Lipinski definition) is 2. The van der Waals surface area contributed by atoms with Crippen LogP contribution in [0.25, 0.3) is 0 Å². The Labute approximate surface area is 44.9 Å². The molecule has 4 heavy (non-hydrogen) atoms. The molecule has 0 saturated heterocycles. The normalized spacial score (nSPS) is 1.50. The fourth-order valence-corrected chi connectivity index (χ4v) is 0. The fourth-order valence-electron chi connectivity index (χ4n) is 0. The fraction of sp³-hybridized carbons (Fsp3) is 0. The standard InChI is InChI=1S/2BrH.H2O2/c;;1-2/h2*1H;1-2H. The van der Waals surface area contributed by atoms with E-state index in [1.54, 1.807) is 0 Å². The Morgan fingerprint density at radius 2 is 0.750 bits per heavy atom. The minimum Gasteiger partial charge on any atom is -0.255 e. The van der Waals surface area contributed by atoms with Crippen molar-refractivity contribution in [2.75, 3.05) is 0 Å². The molecular weight excluding hydrogens is 192 g/mol. The summed E-state index contributed by atoms with van der Waals surface area (Å²) in [6.07, 6.45) is 0. The highest BCUT2D eigenvalue weighted by molar-refractivity contribution is 8.93. The minimum absolute atomic E-state index is 0. The summed E-state index contributed by atoms with van der Waals surface area (Å²) in [6.45, 7) is 0. The predicted molar refractivity (Wildman–Crippen MR) is 25.9 cm³/mol. The Morgan fingerprint density at radius 1 is 0.750 bits per heavy atom. The predicted octanol–water partition coefficient (Wildman–Crippen LogP) is 1.17. The lowest BCUT2D eigenvalue weighted by Crippen LogP contribution is -1.29. The van der Waals surface area contributed by atoms with Gasteiger partial charge in [0, 0.05) is 0 Å².